The molecule has 0 aliphatic carbocycles. The van der Waals surface area contributed by atoms with E-state index < -0.39 is 5.97 Å². The molecule has 3 rings (SSSR count). The highest BCUT2D eigenvalue weighted by molar-refractivity contribution is 5.78. The Hall–Kier alpha value is -3.21. The molecule has 5 heteroatoms. The molecular formula is C24H26N2O3. The summed E-state index contributed by atoms with van der Waals surface area (Å²) in [4.78, 5) is 20.5. The van der Waals surface area contributed by atoms with Crippen LogP contribution in [-0.2, 0) is 17.6 Å². The number of methoxy groups -OCH3 is 1. The van der Waals surface area contributed by atoms with Crippen LogP contribution in [0.15, 0.2) is 54.7 Å². The molecule has 0 spiro atoms. The van der Waals surface area contributed by atoms with Gasteiger partial charge in [-0.25, -0.2) is 4.98 Å². The average Bonchev–Trinajstić information content (AvgIpc) is 2.76. The molecule has 0 unspecified atom stereocenters. The minimum Gasteiger partial charge on any atom is -0.497 e. The molecular weight excluding hydrogens is 364 g/mol. The summed E-state index contributed by atoms with van der Waals surface area (Å²) in [5.41, 5.74) is 5.59. The van der Waals surface area contributed by atoms with E-state index in [2.05, 4.69) is 6.92 Å². The van der Waals surface area contributed by atoms with Gasteiger partial charge in [0.2, 0.25) is 0 Å². The Balaban J connectivity index is 1.97. The van der Waals surface area contributed by atoms with Gasteiger partial charge in [-0.3, -0.25) is 9.78 Å². The van der Waals surface area contributed by atoms with Gasteiger partial charge >= 0.3 is 5.97 Å². The highest BCUT2D eigenvalue weighted by Gasteiger charge is 2.13. The van der Waals surface area contributed by atoms with Crippen LogP contribution in [0.5, 0.6) is 5.75 Å². The third-order valence-electron chi connectivity index (χ3n) is 4.83. The van der Waals surface area contributed by atoms with Gasteiger partial charge in [0, 0.05) is 23.7 Å². The third kappa shape index (κ3) is 5.41. The van der Waals surface area contributed by atoms with E-state index in [4.69, 9.17) is 19.8 Å². The van der Waals surface area contributed by atoms with E-state index >= 15 is 0 Å². The lowest BCUT2D eigenvalue weighted by Crippen LogP contribution is -2.00. The molecule has 0 saturated carbocycles. The maximum Gasteiger partial charge on any atom is 0.303 e. The van der Waals surface area contributed by atoms with Crippen molar-refractivity contribution < 1.29 is 14.6 Å². The van der Waals surface area contributed by atoms with E-state index in [0.717, 1.165) is 58.8 Å². The number of aliphatic carboxylic acids is 1. The number of rotatable bonds is 9. The number of hydrogen-bond donors (Lipinski definition) is 1. The zero-order valence-electron chi connectivity index (χ0n) is 16.9. The van der Waals surface area contributed by atoms with Crippen molar-refractivity contribution in [2.24, 2.45) is 0 Å². The van der Waals surface area contributed by atoms with Crippen LogP contribution in [0.1, 0.15) is 37.4 Å². The Labute approximate surface area is 171 Å². The second-order valence-electron chi connectivity index (χ2n) is 6.98. The van der Waals surface area contributed by atoms with E-state index in [0.29, 0.717) is 6.42 Å². The topological polar surface area (TPSA) is 72.3 Å². The molecule has 0 saturated heterocycles. The van der Waals surface area contributed by atoms with Crippen molar-refractivity contribution in [2.75, 3.05) is 7.11 Å². The monoisotopic (exact) mass is 390 g/mol. The fraction of sp³-hybridized carbons (Fsp3) is 0.292. The number of unbranched alkanes of at least 4 members (excludes halogenated alkanes) is 1. The lowest BCUT2D eigenvalue weighted by molar-refractivity contribution is -0.136. The van der Waals surface area contributed by atoms with Crippen LogP contribution in [0.4, 0.5) is 0 Å². The van der Waals surface area contributed by atoms with E-state index in [-0.39, 0.29) is 6.42 Å². The average molecular weight is 390 g/mol. The number of carboxylic acids is 1. The molecule has 0 fully saturated rings. The lowest BCUT2D eigenvalue weighted by atomic mass is 10.0. The molecule has 1 aromatic heterocycles. The Kier molecular flexibility index (Phi) is 6.95. The smallest absolute Gasteiger partial charge is 0.303 e. The minimum atomic E-state index is -0.787. The van der Waals surface area contributed by atoms with Crippen LogP contribution < -0.4 is 4.74 Å². The first-order valence-electron chi connectivity index (χ1n) is 9.92. The van der Waals surface area contributed by atoms with Crippen LogP contribution in [0.3, 0.4) is 0 Å². The summed E-state index contributed by atoms with van der Waals surface area (Å²) in [5.74, 6) is 0.0102. The number of ether oxygens (including phenoxy) is 1. The van der Waals surface area contributed by atoms with Crippen molar-refractivity contribution >= 4 is 5.97 Å². The molecule has 2 aromatic carbocycles. The van der Waals surface area contributed by atoms with Crippen LogP contribution in [0.2, 0.25) is 0 Å². The van der Waals surface area contributed by atoms with Gasteiger partial charge < -0.3 is 9.84 Å². The molecule has 5 nitrogen and oxygen atoms in total. The van der Waals surface area contributed by atoms with Gasteiger partial charge in [-0.15, -0.1) is 0 Å². The van der Waals surface area contributed by atoms with Gasteiger partial charge in [0.25, 0.3) is 0 Å². The first kappa shape index (κ1) is 20.5. The molecule has 1 N–H and O–H groups in total. The second-order valence-corrected chi connectivity index (χ2v) is 6.98. The van der Waals surface area contributed by atoms with Gasteiger partial charge in [0.05, 0.1) is 24.2 Å². The number of carbonyl (C=O) groups is 1. The maximum absolute atomic E-state index is 10.8. The van der Waals surface area contributed by atoms with Crippen LogP contribution in [0.25, 0.3) is 22.5 Å². The summed E-state index contributed by atoms with van der Waals surface area (Å²) in [6, 6.07) is 15.7. The second kappa shape index (κ2) is 9.82. The molecule has 29 heavy (non-hydrogen) atoms. The Bertz CT molecular complexity index is 951. The molecule has 0 radical (unpaired) electrons. The summed E-state index contributed by atoms with van der Waals surface area (Å²) in [6.45, 7) is 2.16. The van der Waals surface area contributed by atoms with Crippen LogP contribution in [0, 0.1) is 0 Å². The standard InChI is InChI=1S/C24H26N2O3/c1-3-4-5-20-16-25-23(18-11-13-21(29-2)14-12-18)24(26-20)19-9-6-17(7-10-19)8-15-22(27)28/h6-7,9-14,16H,3-5,8,15H2,1-2H3,(H,27,28). The zero-order chi connectivity index (χ0) is 20.6. The van der Waals surface area contributed by atoms with Gasteiger partial charge in [0.1, 0.15) is 5.75 Å². The fourth-order valence-corrected chi connectivity index (χ4v) is 3.15. The summed E-state index contributed by atoms with van der Waals surface area (Å²) >= 11 is 0. The first-order valence-corrected chi connectivity index (χ1v) is 9.92. The number of aryl methyl sites for hydroxylation is 2. The van der Waals surface area contributed by atoms with E-state index in [1.807, 2.05) is 54.7 Å². The third-order valence-corrected chi connectivity index (χ3v) is 4.83. The zero-order valence-corrected chi connectivity index (χ0v) is 16.9. The summed E-state index contributed by atoms with van der Waals surface area (Å²) in [5, 5.41) is 8.88. The molecule has 0 aliphatic rings. The summed E-state index contributed by atoms with van der Waals surface area (Å²) in [6.07, 6.45) is 5.58. The largest absolute Gasteiger partial charge is 0.497 e. The normalized spacial score (nSPS) is 10.7. The van der Waals surface area contributed by atoms with E-state index in [9.17, 15) is 4.79 Å². The number of hydrogen-bond acceptors (Lipinski definition) is 4. The van der Waals surface area contributed by atoms with E-state index in [1.165, 1.54) is 0 Å². The Morgan fingerprint density at radius 3 is 2.24 bits per heavy atom. The molecule has 1 heterocycles. The highest BCUT2D eigenvalue weighted by atomic mass is 16.5. The molecule has 150 valence electrons. The van der Waals surface area contributed by atoms with Gasteiger partial charge in [-0.1, -0.05) is 37.6 Å². The van der Waals surface area contributed by atoms with Crippen molar-refractivity contribution in [3.8, 4) is 28.3 Å². The first-order chi connectivity index (χ1) is 14.1. The predicted molar refractivity (Wildman–Crippen MR) is 114 cm³/mol. The number of benzene rings is 2. The highest BCUT2D eigenvalue weighted by Crippen LogP contribution is 2.30. The van der Waals surface area contributed by atoms with Gasteiger partial charge in [0.15, 0.2) is 0 Å². The Morgan fingerprint density at radius 1 is 0.966 bits per heavy atom. The van der Waals surface area contributed by atoms with Crippen molar-refractivity contribution in [3.05, 3.63) is 66.0 Å². The van der Waals surface area contributed by atoms with Gasteiger partial charge in [-0.2, -0.15) is 0 Å². The van der Waals surface area contributed by atoms with Crippen molar-refractivity contribution in [3.63, 3.8) is 0 Å². The molecule has 0 atom stereocenters. The number of carboxylic acid groups (broad SMARTS) is 1. The van der Waals surface area contributed by atoms with Crippen molar-refractivity contribution in [1.82, 2.24) is 9.97 Å². The summed E-state index contributed by atoms with van der Waals surface area (Å²) in [7, 11) is 1.65. The predicted octanol–water partition coefficient (Wildman–Crippen LogP) is 5.18. The maximum atomic E-state index is 10.8. The quantitative estimate of drug-likeness (QED) is 0.545. The lowest BCUT2D eigenvalue weighted by Gasteiger charge is -2.12. The molecule has 3 aromatic rings. The van der Waals surface area contributed by atoms with Crippen molar-refractivity contribution in [1.29, 1.82) is 0 Å². The fourth-order valence-electron chi connectivity index (χ4n) is 3.15. The number of aromatic nitrogens is 2. The molecule has 0 bridgehead atoms. The van der Waals surface area contributed by atoms with E-state index in [1.54, 1.807) is 7.11 Å². The van der Waals surface area contributed by atoms with Crippen LogP contribution >= 0.6 is 0 Å². The molecule has 0 aliphatic heterocycles. The minimum absolute atomic E-state index is 0.128. The van der Waals surface area contributed by atoms with Crippen molar-refractivity contribution in [2.45, 2.75) is 39.0 Å². The van der Waals surface area contributed by atoms with Gasteiger partial charge in [-0.05, 0) is 49.1 Å². The molecule has 0 amide bonds. The summed E-state index contributed by atoms with van der Waals surface area (Å²) < 4.78 is 5.26. The Morgan fingerprint density at radius 2 is 1.62 bits per heavy atom. The SMILES string of the molecule is CCCCc1cnc(-c2ccc(OC)cc2)c(-c2ccc(CCC(=O)O)cc2)n1. The van der Waals surface area contributed by atoms with Crippen LogP contribution in [-0.4, -0.2) is 28.2 Å². The number of nitrogens with zero attached hydrogens (tertiary/aromatic N) is 2.